The third-order valence-corrected chi connectivity index (χ3v) is 4.59. The molecule has 1 aromatic rings. The van der Waals surface area contributed by atoms with Gasteiger partial charge in [0.2, 0.25) is 0 Å². The van der Waals surface area contributed by atoms with Crippen molar-refractivity contribution in [3.05, 3.63) is 11.6 Å². The summed E-state index contributed by atoms with van der Waals surface area (Å²) in [6, 6.07) is 0. The highest BCUT2D eigenvalue weighted by molar-refractivity contribution is 8.01. The van der Waals surface area contributed by atoms with Crippen molar-refractivity contribution < 1.29 is 0 Å². The Morgan fingerprint density at radius 1 is 1.50 bits per heavy atom. The van der Waals surface area contributed by atoms with Gasteiger partial charge in [-0.05, 0) is 12.3 Å². The molecule has 1 unspecified atom stereocenters. The Morgan fingerprint density at radius 2 is 2.36 bits per heavy atom. The van der Waals surface area contributed by atoms with Gasteiger partial charge in [-0.15, -0.1) is 11.3 Å². The lowest BCUT2D eigenvalue weighted by molar-refractivity contribution is 0.499. The summed E-state index contributed by atoms with van der Waals surface area (Å²) >= 11 is 3.67. The number of aromatic nitrogens is 1. The molecule has 0 aliphatic heterocycles. The highest BCUT2D eigenvalue weighted by atomic mass is 32.2. The van der Waals surface area contributed by atoms with Gasteiger partial charge in [-0.1, -0.05) is 44.9 Å². The Labute approximate surface area is 95.3 Å². The van der Waals surface area contributed by atoms with E-state index in [4.69, 9.17) is 0 Å². The van der Waals surface area contributed by atoms with E-state index in [0.29, 0.717) is 0 Å². The molecule has 1 heterocycles. The van der Waals surface area contributed by atoms with Crippen LogP contribution in [0.4, 0.5) is 0 Å². The van der Waals surface area contributed by atoms with Gasteiger partial charge >= 0.3 is 0 Å². The van der Waals surface area contributed by atoms with Crippen molar-refractivity contribution >= 4 is 23.1 Å². The molecule has 0 saturated heterocycles. The Hall–Kier alpha value is -0.0200. The van der Waals surface area contributed by atoms with Gasteiger partial charge in [0.25, 0.3) is 0 Å². The number of thiazole rings is 1. The molecule has 0 radical (unpaired) electrons. The maximum Gasteiger partial charge on any atom is 0.149 e. The van der Waals surface area contributed by atoms with Crippen LogP contribution in [0.1, 0.15) is 39.5 Å². The van der Waals surface area contributed by atoms with E-state index in [1.807, 2.05) is 18.0 Å². The maximum atomic E-state index is 4.28. The smallest absolute Gasteiger partial charge is 0.149 e. The molecule has 1 nitrogen and oxygen atoms in total. The molecule has 0 fully saturated rings. The summed E-state index contributed by atoms with van der Waals surface area (Å²) in [6.07, 6.45) is 7.26. The molecule has 0 saturated carbocycles. The Kier molecular flexibility index (Phi) is 6.28. The fraction of sp³-hybridized carbons (Fsp3) is 0.727. The summed E-state index contributed by atoms with van der Waals surface area (Å²) < 4.78 is 1.22. The van der Waals surface area contributed by atoms with Gasteiger partial charge in [-0.25, -0.2) is 4.98 Å². The molecule has 80 valence electrons. The maximum absolute atomic E-state index is 4.28. The van der Waals surface area contributed by atoms with Gasteiger partial charge in [0.15, 0.2) is 0 Å². The highest BCUT2D eigenvalue weighted by Gasteiger charge is 2.07. The second kappa shape index (κ2) is 7.30. The van der Waals surface area contributed by atoms with Crippen molar-refractivity contribution in [3.63, 3.8) is 0 Å². The van der Waals surface area contributed by atoms with E-state index < -0.39 is 0 Å². The van der Waals surface area contributed by atoms with Crippen molar-refractivity contribution in [2.75, 3.05) is 5.75 Å². The summed E-state index contributed by atoms with van der Waals surface area (Å²) in [5.41, 5.74) is 0. The number of rotatable bonds is 7. The quantitative estimate of drug-likeness (QED) is 0.641. The van der Waals surface area contributed by atoms with E-state index >= 15 is 0 Å². The molecule has 0 aliphatic carbocycles. The standard InChI is InChI=1S/C11H19NS2/c1-3-5-6-10(4-2)9-14-11-12-7-8-13-11/h7-8,10H,3-6,9H2,1-2H3. The van der Waals surface area contributed by atoms with E-state index in [0.717, 1.165) is 5.92 Å². The van der Waals surface area contributed by atoms with Gasteiger partial charge in [0.05, 0.1) is 0 Å². The topological polar surface area (TPSA) is 12.9 Å². The minimum absolute atomic E-state index is 0.879. The fourth-order valence-electron chi connectivity index (χ4n) is 1.37. The van der Waals surface area contributed by atoms with Crippen LogP contribution in [0.15, 0.2) is 15.9 Å². The molecule has 3 heteroatoms. The molecule has 0 bridgehead atoms. The van der Waals surface area contributed by atoms with Crippen molar-refractivity contribution in [1.82, 2.24) is 4.98 Å². The zero-order chi connectivity index (χ0) is 10.2. The third-order valence-electron chi connectivity index (χ3n) is 2.40. The molecule has 0 amide bonds. The zero-order valence-electron chi connectivity index (χ0n) is 9.03. The molecule has 0 N–H and O–H groups in total. The lowest BCUT2D eigenvalue weighted by Gasteiger charge is -2.12. The van der Waals surface area contributed by atoms with Gasteiger partial charge < -0.3 is 0 Å². The fourth-order valence-corrected chi connectivity index (χ4v) is 3.29. The SMILES string of the molecule is CCCCC(CC)CSc1nccs1. The number of unbranched alkanes of at least 4 members (excludes halogenated alkanes) is 1. The van der Waals surface area contributed by atoms with Crippen molar-refractivity contribution in [2.45, 2.75) is 43.9 Å². The number of thioether (sulfide) groups is 1. The van der Waals surface area contributed by atoms with Crippen LogP contribution in [0.25, 0.3) is 0 Å². The first-order valence-corrected chi connectivity index (χ1v) is 7.25. The van der Waals surface area contributed by atoms with Crippen LogP contribution >= 0.6 is 23.1 Å². The number of nitrogens with zero attached hydrogens (tertiary/aromatic N) is 1. The van der Waals surface area contributed by atoms with E-state index in [1.54, 1.807) is 11.3 Å². The molecular weight excluding hydrogens is 210 g/mol. The molecular formula is C11H19NS2. The molecule has 1 atom stereocenters. The van der Waals surface area contributed by atoms with Crippen LogP contribution in [0.2, 0.25) is 0 Å². The molecule has 1 aromatic heterocycles. The second-order valence-corrected chi connectivity index (χ2v) is 5.69. The zero-order valence-corrected chi connectivity index (χ0v) is 10.7. The molecule has 14 heavy (non-hydrogen) atoms. The lowest BCUT2D eigenvalue weighted by atomic mass is 10.0. The molecule has 0 spiro atoms. The van der Waals surface area contributed by atoms with E-state index in [2.05, 4.69) is 24.2 Å². The summed E-state index contributed by atoms with van der Waals surface area (Å²) in [5, 5.41) is 2.05. The van der Waals surface area contributed by atoms with Crippen molar-refractivity contribution in [1.29, 1.82) is 0 Å². The van der Waals surface area contributed by atoms with Gasteiger partial charge in [0.1, 0.15) is 4.34 Å². The van der Waals surface area contributed by atoms with Crippen LogP contribution in [0, 0.1) is 5.92 Å². The highest BCUT2D eigenvalue weighted by Crippen LogP contribution is 2.26. The van der Waals surface area contributed by atoms with Gasteiger partial charge in [-0.3, -0.25) is 0 Å². The predicted molar refractivity (Wildman–Crippen MR) is 66.1 cm³/mol. The van der Waals surface area contributed by atoms with Crippen molar-refractivity contribution in [3.8, 4) is 0 Å². The minimum Gasteiger partial charge on any atom is -0.238 e. The largest absolute Gasteiger partial charge is 0.238 e. The van der Waals surface area contributed by atoms with Gasteiger partial charge in [0, 0.05) is 17.3 Å². The summed E-state index contributed by atoms with van der Waals surface area (Å²) in [6.45, 7) is 4.56. The Morgan fingerprint density at radius 3 is 2.93 bits per heavy atom. The summed E-state index contributed by atoms with van der Waals surface area (Å²) in [7, 11) is 0. The molecule has 1 rings (SSSR count). The predicted octanol–water partition coefficient (Wildman–Crippen LogP) is 4.45. The molecule has 0 aromatic carbocycles. The van der Waals surface area contributed by atoms with Crippen LogP contribution in [0.5, 0.6) is 0 Å². The average Bonchev–Trinajstić information content (AvgIpc) is 2.71. The molecule has 0 aliphatic rings. The Bertz CT molecular complexity index is 221. The summed E-state index contributed by atoms with van der Waals surface area (Å²) in [4.78, 5) is 4.28. The Balaban J connectivity index is 2.20. The van der Waals surface area contributed by atoms with Crippen LogP contribution in [-0.2, 0) is 0 Å². The first-order valence-electron chi connectivity index (χ1n) is 5.39. The first kappa shape index (κ1) is 12.1. The van der Waals surface area contributed by atoms with Gasteiger partial charge in [-0.2, -0.15) is 0 Å². The third kappa shape index (κ3) is 4.47. The normalized spacial score (nSPS) is 13.0. The second-order valence-electron chi connectivity index (χ2n) is 3.53. The minimum atomic E-state index is 0.879. The average molecular weight is 229 g/mol. The van der Waals surface area contributed by atoms with E-state index in [9.17, 15) is 0 Å². The van der Waals surface area contributed by atoms with E-state index in [1.165, 1.54) is 35.8 Å². The van der Waals surface area contributed by atoms with Crippen LogP contribution in [-0.4, -0.2) is 10.7 Å². The van der Waals surface area contributed by atoms with Crippen molar-refractivity contribution in [2.24, 2.45) is 5.92 Å². The number of hydrogen-bond acceptors (Lipinski definition) is 3. The first-order chi connectivity index (χ1) is 6.86. The van der Waals surface area contributed by atoms with E-state index in [-0.39, 0.29) is 0 Å². The monoisotopic (exact) mass is 229 g/mol. The summed E-state index contributed by atoms with van der Waals surface area (Å²) in [5.74, 6) is 2.12. The lowest BCUT2D eigenvalue weighted by Crippen LogP contribution is -2.01. The number of hydrogen-bond donors (Lipinski definition) is 0. The van der Waals surface area contributed by atoms with Crippen LogP contribution in [0.3, 0.4) is 0 Å². The van der Waals surface area contributed by atoms with Crippen LogP contribution < -0.4 is 0 Å².